The molecule has 2 aliphatic rings. The van der Waals surface area contributed by atoms with Gasteiger partial charge in [-0.2, -0.15) is 0 Å². The van der Waals surface area contributed by atoms with Crippen LogP contribution in [0.2, 0.25) is 0 Å². The number of esters is 1. The topological polar surface area (TPSA) is 59.1 Å². The number of aryl methyl sites for hydroxylation is 1. The molecule has 0 atom stereocenters. The number of rotatable bonds is 9. The minimum Gasteiger partial charge on any atom is -0.469 e. The normalized spacial score (nSPS) is 17.2. The highest BCUT2D eigenvalue weighted by molar-refractivity contribution is 5.94. The number of likely N-dealkylation sites (tertiary alicyclic amines) is 1. The molecule has 0 aromatic heterocycles. The predicted molar refractivity (Wildman–Crippen MR) is 150 cm³/mol. The molecule has 3 aromatic carbocycles. The van der Waals surface area contributed by atoms with E-state index in [-0.39, 0.29) is 17.8 Å². The summed E-state index contributed by atoms with van der Waals surface area (Å²) in [5.74, 6) is -0.330. The smallest absolute Gasteiger partial charge is 0.312 e. The zero-order chi connectivity index (χ0) is 26.5. The fraction of sp³-hybridized carbons (Fsp3) is 0.438. The van der Waals surface area contributed by atoms with Gasteiger partial charge < -0.3 is 19.3 Å². The van der Waals surface area contributed by atoms with E-state index in [0.717, 1.165) is 31.5 Å². The Balaban J connectivity index is 1.24. The van der Waals surface area contributed by atoms with Crippen molar-refractivity contribution in [2.24, 2.45) is 5.92 Å². The Bertz CT molecular complexity index is 1250. The third kappa shape index (κ3) is 5.14. The van der Waals surface area contributed by atoms with Crippen molar-refractivity contribution in [3.63, 3.8) is 0 Å². The summed E-state index contributed by atoms with van der Waals surface area (Å²) < 4.78 is 10.5. The second kappa shape index (κ2) is 11.6. The van der Waals surface area contributed by atoms with E-state index in [1.807, 2.05) is 4.90 Å². The Labute approximate surface area is 225 Å². The first-order valence-electron chi connectivity index (χ1n) is 13.8. The van der Waals surface area contributed by atoms with Crippen LogP contribution in [-0.2, 0) is 30.9 Å². The van der Waals surface area contributed by atoms with Crippen molar-refractivity contribution in [1.82, 2.24) is 4.90 Å². The lowest BCUT2D eigenvalue weighted by Crippen LogP contribution is -2.59. The van der Waals surface area contributed by atoms with E-state index in [2.05, 4.69) is 78.6 Å². The highest BCUT2D eigenvalue weighted by atomic mass is 16.5. The lowest BCUT2D eigenvalue weighted by Gasteiger charge is -2.45. The van der Waals surface area contributed by atoms with Crippen LogP contribution < -0.4 is 4.90 Å². The van der Waals surface area contributed by atoms with Gasteiger partial charge in [0, 0.05) is 50.5 Å². The van der Waals surface area contributed by atoms with Gasteiger partial charge in [0.1, 0.15) is 0 Å². The fourth-order valence-electron chi connectivity index (χ4n) is 6.01. The Hall–Kier alpha value is -3.38. The van der Waals surface area contributed by atoms with Crippen LogP contribution >= 0.6 is 0 Å². The van der Waals surface area contributed by atoms with Gasteiger partial charge in [0.15, 0.2) is 0 Å². The number of hydrogen-bond acceptors (Lipinski definition) is 5. The molecule has 0 spiro atoms. The van der Waals surface area contributed by atoms with Crippen molar-refractivity contribution < 1.29 is 19.1 Å². The number of nitrogens with zero attached hydrogens (tertiary/aromatic N) is 2. The van der Waals surface area contributed by atoms with Crippen molar-refractivity contribution in [2.45, 2.75) is 38.0 Å². The predicted octanol–water partition coefficient (Wildman–Crippen LogP) is 4.98. The molecule has 2 aliphatic heterocycles. The van der Waals surface area contributed by atoms with Gasteiger partial charge in [-0.3, -0.25) is 9.59 Å². The number of carbonyl (C=O) groups is 2. The van der Waals surface area contributed by atoms with Gasteiger partial charge >= 0.3 is 5.97 Å². The van der Waals surface area contributed by atoms with Crippen LogP contribution in [0.25, 0.3) is 10.8 Å². The quantitative estimate of drug-likeness (QED) is 0.377. The van der Waals surface area contributed by atoms with Gasteiger partial charge in [0.05, 0.1) is 18.4 Å². The molecule has 6 nitrogen and oxygen atoms in total. The number of carbonyl (C=O) groups excluding carboxylic acids is 2. The van der Waals surface area contributed by atoms with Crippen molar-refractivity contribution in [3.05, 3.63) is 77.9 Å². The van der Waals surface area contributed by atoms with E-state index in [4.69, 9.17) is 9.47 Å². The van der Waals surface area contributed by atoms with Crippen LogP contribution in [0.4, 0.5) is 5.69 Å². The molecule has 6 heteroatoms. The lowest BCUT2D eigenvalue weighted by molar-refractivity contribution is -0.159. The van der Waals surface area contributed by atoms with E-state index >= 15 is 0 Å². The van der Waals surface area contributed by atoms with Crippen LogP contribution in [0.5, 0.6) is 0 Å². The number of benzene rings is 3. The molecule has 0 unspecified atom stereocenters. The maximum absolute atomic E-state index is 13.7. The van der Waals surface area contributed by atoms with E-state index in [1.165, 1.54) is 29.1 Å². The lowest BCUT2D eigenvalue weighted by atomic mass is 9.72. The summed E-state index contributed by atoms with van der Waals surface area (Å²) in [6.45, 7) is 6.20. The van der Waals surface area contributed by atoms with Crippen LogP contribution in [0, 0.1) is 5.92 Å². The van der Waals surface area contributed by atoms with E-state index in [1.54, 1.807) is 0 Å². The van der Waals surface area contributed by atoms with Gasteiger partial charge in [-0.1, -0.05) is 60.7 Å². The summed E-state index contributed by atoms with van der Waals surface area (Å²) in [6, 6.07) is 23.7. The SMILES string of the molecule is CCN(CCCc1ccc(C2(C(=O)N3CC(C(=O)OC)C3)CCOCC2)cc1)c1cccc2ccccc12. The van der Waals surface area contributed by atoms with Crippen LogP contribution in [0.15, 0.2) is 66.7 Å². The number of anilines is 1. The van der Waals surface area contributed by atoms with Gasteiger partial charge in [-0.25, -0.2) is 0 Å². The first kappa shape index (κ1) is 26.2. The molecule has 200 valence electrons. The molecule has 2 heterocycles. The highest BCUT2D eigenvalue weighted by Crippen LogP contribution is 2.39. The van der Waals surface area contributed by atoms with Gasteiger partial charge in [-0.05, 0) is 55.2 Å². The first-order chi connectivity index (χ1) is 18.6. The standard InChI is InChI=1S/C32H38N2O4/c1-3-33(29-12-6-10-25-9-4-5-11-28(25)29)19-7-8-24-13-15-27(16-14-24)32(17-20-38-21-18-32)31(36)34-22-26(23-34)30(35)37-2/h4-6,9-16,26H,3,7-8,17-23H2,1-2H3. The Morgan fingerprint density at radius 2 is 1.71 bits per heavy atom. The Morgan fingerprint density at radius 1 is 1.00 bits per heavy atom. The molecular formula is C32H38N2O4. The van der Waals surface area contributed by atoms with E-state index < -0.39 is 5.41 Å². The van der Waals surface area contributed by atoms with Crippen molar-refractivity contribution in [2.75, 3.05) is 51.4 Å². The number of methoxy groups -OCH3 is 1. The van der Waals surface area contributed by atoms with E-state index in [0.29, 0.717) is 39.1 Å². The molecule has 1 amide bonds. The molecule has 0 radical (unpaired) electrons. The minimum absolute atomic E-state index is 0.113. The van der Waals surface area contributed by atoms with Crippen molar-refractivity contribution >= 4 is 28.3 Å². The summed E-state index contributed by atoms with van der Waals surface area (Å²) in [7, 11) is 1.40. The number of fused-ring (bicyclic) bond motifs is 1. The minimum atomic E-state index is -0.578. The average Bonchev–Trinajstić information content (AvgIpc) is 2.95. The van der Waals surface area contributed by atoms with E-state index in [9.17, 15) is 9.59 Å². The summed E-state index contributed by atoms with van der Waals surface area (Å²) >= 11 is 0. The second-order valence-corrected chi connectivity index (χ2v) is 10.5. The number of ether oxygens (including phenoxy) is 2. The number of hydrogen-bond donors (Lipinski definition) is 0. The summed E-state index contributed by atoms with van der Waals surface area (Å²) in [5.41, 5.74) is 3.06. The summed E-state index contributed by atoms with van der Waals surface area (Å²) in [4.78, 5) is 29.8. The zero-order valence-electron chi connectivity index (χ0n) is 22.5. The molecule has 0 saturated carbocycles. The maximum Gasteiger partial charge on any atom is 0.312 e. The van der Waals surface area contributed by atoms with Gasteiger partial charge in [0.2, 0.25) is 5.91 Å². The van der Waals surface area contributed by atoms with Crippen LogP contribution in [0.3, 0.4) is 0 Å². The molecule has 38 heavy (non-hydrogen) atoms. The molecule has 5 rings (SSSR count). The Kier molecular flexibility index (Phi) is 7.98. The third-order valence-corrected chi connectivity index (χ3v) is 8.35. The number of amides is 1. The average molecular weight is 515 g/mol. The third-order valence-electron chi connectivity index (χ3n) is 8.35. The highest BCUT2D eigenvalue weighted by Gasteiger charge is 2.48. The molecular weight excluding hydrogens is 476 g/mol. The van der Waals surface area contributed by atoms with Crippen molar-refractivity contribution in [1.29, 1.82) is 0 Å². The second-order valence-electron chi connectivity index (χ2n) is 10.5. The fourth-order valence-corrected chi connectivity index (χ4v) is 6.01. The maximum atomic E-state index is 13.7. The molecule has 2 fully saturated rings. The van der Waals surface area contributed by atoms with Crippen LogP contribution in [-0.4, -0.2) is 63.3 Å². The summed E-state index contributed by atoms with van der Waals surface area (Å²) in [6.07, 6.45) is 3.37. The van der Waals surface area contributed by atoms with Crippen LogP contribution in [0.1, 0.15) is 37.3 Å². The molecule has 3 aromatic rings. The summed E-state index contributed by atoms with van der Waals surface area (Å²) in [5, 5.41) is 2.57. The zero-order valence-corrected chi connectivity index (χ0v) is 22.5. The van der Waals surface area contributed by atoms with Gasteiger partial charge in [0.25, 0.3) is 0 Å². The Morgan fingerprint density at radius 3 is 2.42 bits per heavy atom. The molecule has 0 N–H and O–H groups in total. The first-order valence-corrected chi connectivity index (χ1v) is 13.8. The monoisotopic (exact) mass is 514 g/mol. The van der Waals surface area contributed by atoms with Crippen molar-refractivity contribution in [3.8, 4) is 0 Å². The largest absolute Gasteiger partial charge is 0.469 e. The molecule has 2 saturated heterocycles. The molecule has 0 bridgehead atoms. The molecule has 0 aliphatic carbocycles. The van der Waals surface area contributed by atoms with Gasteiger partial charge in [-0.15, -0.1) is 0 Å².